The number of fused-ring (bicyclic) bond motifs is 9. The highest BCUT2D eigenvalue weighted by Crippen LogP contribution is 2.68. The van der Waals surface area contributed by atoms with Gasteiger partial charge in [-0.15, -0.1) is 11.8 Å². The van der Waals surface area contributed by atoms with E-state index < -0.39 is 29.8 Å². The average molecular weight is 656 g/mol. The van der Waals surface area contributed by atoms with Crippen LogP contribution in [0.2, 0.25) is 0 Å². The molecule has 4 heterocycles. The van der Waals surface area contributed by atoms with Crippen LogP contribution in [0.15, 0.2) is 28.0 Å². The summed E-state index contributed by atoms with van der Waals surface area (Å²) in [5, 5.41) is 10.7. The second kappa shape index (κ2) is 11.5. The van der Waals surface area contributed by atoms with Crippen LogP contribution in [0.25, 0.3) is 0 Å². The highest BCUT2D eigenvalue weighted by molar-refractivity contribution is 8.00. The molecule has 11 nitrogen and oxygen atoms in total. The molecular weight excluding hydrogens is 618 g/mol. The minimum Gasteiger partial charge on any atom is -0.493 e. The van der Waals surface area contributed by atoms with Gasteiger partial charge in [-0.2, -0.15) is 0 Å². The second-order valence-corrected chi connectivity index (χ2v) is 15.4. The maximum absolute atomic E-state index is 13.9. The largest absolute Gasteiger partial charge is 0.493 e. The van der Waals surface area contributed by atoms with E-state index in [0.717, 1.165) is 64.1 Å². The lowest BCUT2D eigenvalue weighted by atomic mass is 9.68. The number of thioether (sulfide) groups is 1. The minimum atomic E-state index is -1.20. The number of amides is 3. The van der Waals surface area contributed by atoms with E-state index in [1.54, 1.807) is 38.8 Å². The number of hydrogen-bond donors (Lipinski definition) is 2. The predicted molar refractivity (Wildman–Crippen MR) is 166 cm³/mol. The van der Waals surface area contributed by atoms with E-state index in [2.05, 4.69) is 4.98 Å². The van der Waals surface area contributed by atoms with Crippen LogP contribution in [0.1, 0.15) is 55.9 Å². The van der Waals surface area contributed by atoms with E-state index >= 15 is 0 Å². The zero-order chi connectivity index (χ0) is 31.7. The summed E-state index contributed by atoms with van der Waals surface area (Å²) in [6, 6.07) is 4.43. The normalized spacial score (nSPS) is 30.7. The van der Waals surface area contributed by atoms with Crippen molar-refractivity contribution < 1.29 is 33.8 Å². The molecule has 0 spiro atoms. The Balaban J connectivity index is 1.21. The molecule has 2 aromatic rings. The summed E-state index contributed by atoms with van der Waals surface area (Å²) in [6.07, 6.45) is 3.83. The Hall–Kier alpha value is -3.32. The Morgan fingerprint density at radius 1 is 1.04 bits per heavy atom. The van der Waals surface area contributed by atoms with Gasteiger partial charge >= 0.3 is 10.8 Å². The number of piperidine rings is 1. The van der Waals surface area contributed by atoms with E-state index in [1.807, 2.05) is 17.0 Å². The van der Waals surface area contributed by atoms with Crippen LogP contribution in [0.4, 0.5) is 0 Å². The first-order valence-corrected chi connectivity index (χ1v) is 17.4. The molecule has 2 bridgehead atoms. The van der Waals surface area contributed by atoms with Crippen molar-refractivity contribution in [2.45, 2.75) is 61.8 Å². The van der Waals surface area contributed by atoms with Gasteiger partial charge in [0.25, 0.3) is 5.91 Å². The van der Waals surface area contributed by atoms with E-state index in [-0.39, 0.29) is 58.1 Å². The Kier molecular flexibility index (Phi) is 7.74. The molecule has 7 rings (SSSR count). The number of carbonyl (C=O) groups is 4. The molecule has 45 heavy (non-hydrogen) atoms. The fourth-order valence-electron chi connectivity index (χ4n) is 8.75. The highest BCUT2D eigenvalue weighted by Gasteiger charge is 2.70. The number of carbonyl (C=O) groups excluding carboxylic acids is 3. The maximum atomic E-state index is 13.9. The fraction of sp³-hybridized carbons (Fsp3) is 0.594. The van der Waals surface area contributed by atoms with Crippen molar-refractivity contribution in [1.82, 2.24) is 14.8 Å². The number of carboxylic acid groups (broad SMARTS) is 1. The Bertz CT molecular complexity index is 1610. The number of thiazole rings is 1. The van der Waals surface area contributed by atoms with Gasteiger partial charge in [-0.3, -0.25) is 24.1 Å². The zero-order valence-corrected chi connectivity index (χ0v) is 27.0. The third-order valence-electron chi connectivity index (χ3n) is 10.5. The first kappa shape index (κ1) is 30.3. The summed E-state index contributed by atoms with van der Waals surface area (Å²) in [4.78, 5) is 71.8. The van der Waals surface area contributed by atoms with Gasteiger partial charge in [0.2, 0.25) is 11.8 Å². The van der Waals surface area contributed by atoms with Crippen molar-refractivity contribution in [2.75, 3.05) is 26.8 Å². The van der Waals surface area contributed by atoms with Crippen LogP contribution < -0.4 is 14.3 Å². The molecule has 3 amide bonds. The number of aromatic nitrogens is 1. The average Bonchev–Trinajstić information content (AvgIpc) is 3.76. The highest BCUT2D eigenvalue weighted by atomic mass is 32.2. The quantitative estimate of drug-likeness (QED) is 0.409. The molecule has 0 radical (unpaired) electrons. The van der Waals surface area contributed by atoms with Gasteiger partial charge in [0.05, 0.1) is 24.0 Å². The van der Waals surface area contributed by atoms with Crippen molar-refractivity contribution in [3.63, 3.8) is 0 Å². The van der Waals surface area contributed by atoms with Crippen molar-refractivity contribution in [1.29, 1.82) is 0 Å². The number of H-pyrrole nitrogens is 1. The number of benzene rings is 1. The lowest BCUT2D eigenvalue weighted by molar-refractivity contribution is -0.157. The Morgan fingerprint density at radius 2 is 1.76 bits per heavy atom. The number of aliphatic carboxylic acids is 1. The number of nitrogens with one attached hydrogen (secondary N) is 1. The van der Waals surface area contributed by atoms with Crippen molar-refractivity contribution in [3.05, 3.63) is 38.3 Å². The van der Waals surface area contributed by atoms with Gasteiger partial charge in [0, 0.05) is 29.1 Å². The van der Waals surface area contributed by atoms with Crippen molar-refractivity contribution >= 4 is 46.8 Å². The third-order valence-corrected chi connectivity index (χ3v) is 13.1. The molecule has 8 atom stereocenters. The SMILES string of the molecule is COc1cc([C@H]2c3sc(=O)[nH]c3SC3C4CC(C5C(=O)N(C(C(=O)O)C(C)C)C(=O)C45)C32)ccc1OCC(=O)N1CCCCC1. The number of nitrogens with zero attached hydrogens (tertiary/aromatic N) is 2. The van der Waals surface area contributed by atoms with Crippen LogP contribution in [0.5, 0.6) is 11.5 Å². The first-order chi connectivity index (χ1) is 21.6. The Morgan fingerprint density at radius 3 is 2.42 bits per heavy atom. The summed E-state index contributed by atoms with van der Waals surface area (Å²) in [5.41, 5.74) is 0.900. The molecule has 2 saturated carbocycles. The van der Waals surface area contributed by atoms with Gasteiger partial charge in [0.1, 0.15) is 6.04 Å². The van der Waals surface area contributed by atoms with Gasteiger partial charge in [-0.05, 0) is 67.1 Å². The predicted octanol–water partition coefficient (Wildman–Crippen LogP) is 3.42. The second-order valence-electron chi connectivity index (χ2n) is 13.2. The molecule has 2 aliphatic carbocycles. The molecule has 5 aliphatic rings. The van der Waals surface area contributed by atoms with Crippen molar-refractivity contribution in [3.8, 4) is 11.5 Å². The van der Waals surface area contributed by atoms with Crippen LogP contribution in [0, 0.1) is 35.5 Å². The summed E-state index contributed by atoms with van der Waals surface area (Å²) in [5.74, 6) is -3.13. The molecule has 2 N–H and O–H groups in total. The number of imide groups is 1. The summed E-state index contributed by atoms with van der Waals surface area (Å²) in [6.45, 7) is 4.83. The monoisotopic (exact) mass is 655 g/mol. The zero-order valence-electron chi connectivity index (χ0n) is 25.4. The molecule has 1 aromatic carbocycles. The van der Waals surface area contributed by atoms with E-state index in [0.29, 0.717) is 17.9 Å². The van der Waals surface area contributed by atoms with Crippen LogP contribution in [0.3, 0.4) is 0 Å². The molecule has 4 fully saturated rings. The molecule has 7 unspecified atom stereocenters. The topological polar surface area (TPSA) is 146 Å². The minimum absolute atomic E-state index is 0.0258. The molecule has 1 aromatic heterocycles. The summed E-state index contributed by atoms with van der Waals surface area (Å²) >= 11 is 2.74. The lowest BCUT2D eigenvalue weighted by Gasteiger charge is -2.43. The molecule has 3 aliphatic heterocycles. The number of ether oxygens (including phenoxy) is 2. The number of methoxy groups -OCH3 is 1. The van der Waals surface area contributed by atoms with E-state index in [4.69, 9.17) is 9.47 Å². The molecule has 2 saturated heterocycles. The fourth-order valence-corrected chi connectivity index (χ4v) is 11.6. The van der Waals surface area contributed by atoms with Gasteiger partial charge in [-0.1, -0.05) is 31.3 Å². The van der Waals surface area contributed by atoms with E-state index in [9.17, 15) is 29.1 Å². The third kappa shape index (κ3) is 4.79. The lowest BCUT2D eigenvalue weighted by Crippen LogP contribution is -2.49. The number of likely N-dealkylation sites (tertiary alicyclic amines) is 2. The maximum Gasteiger partial charge on any atom is 0.327 e. The van der Waals surface area contributed by atoms with Gasteiger partial charge < -0.3 is 24.5 Å². The molecule has 240 valence electrons. The molecular formula is C32H37N3O8S2. The van der Waals surface area contributed by atoms with Crippen LogP contribution in [-0.2, 0) is 19.2 Å². The first-order valence-electron chi connectivity index (χ1n) is 15.7. The number of rotatable bonds is 8. The Labute approximate surface area is 268 Å². The standard InChI is InChI=1S/C32H37N3O8S2/c1-14(2)25(31(39)40)35-29(37)23-16-12-17(24(23)30(35)38)26-22(16)21(27-28(44-26)33-32(41)45-27)15-7-8-18(19(11-15)42-3)43-13-20(36)34-9-5-4-6-10-34/h7-8,11,14,16-17,21-26H,4-6,9-10,12-13H2,1-3H3,(H,33,41)(H,39,40)/t16?,17?,21-,22?,23?,24?,25?,26?/m1/s1. The van der Waals surface area contributed by atoms with Crippen LogP contribution >= 0.6 is 23.1 Å². The summed E-state index contributed by atoms with van der Waals surface area (Å²) < 4.78 is 11.7. The van der Waals surface area contributed by atoms with Gasteiger partial charge in [0.15, 0.2) is 18.1 Å². The summed E-state index contributed by atoms with van der Waals surface area (Å²) in [7, 11) is 1.55. The smallest absolute Gasteiger partial charge is 0.327 e. The van der Waals surface area contributed by atoms with E-state index in [1.165, 1.54) is 0 Å². The molecule has 13 heteroatoms. The van der Waals surface area contributed by atoms with Gasteiger partial charge in [-0.25, -0.2) is 4.79 Å². The van der Waals surface area contributed by atoms with Crippen LogP contribution in [-0.4, -0.2) is 81.7 Å². The van der Waals surface area contributed by atoms with Crippen molar-refractivity contribution in [2.24, 2.45) is 35.5 Å². The number of aromatic amines is 1. The number of carboxylic acids is 1. The number of hydrogen-bond acceptors (Lipinski definition) is 9.